The van der Waals surface area contributed by atoms with Gasteiger partial charge in [-0.15, -0.1) is 0 Å². The van der Waals surface area contributed by atoms with Crippen molar-refractivity contribution >= 4 is 39.7 Å². The quantitative estimate of drug-likeness (QED) is 0.873. The van der Waals surface area contributed by atoms with Gasteiger partial charge in [-0.3, -0.25) is 0 Å². The van der Waals surface area contributed by atoms with E-state index in [1.54, 1.807) is 32.2 Å². The lowest BCUT2D eigenvalue weighted by molar-refractivity contribution is 0.0605. The van der Waals surface area contributed by atoms with E-state index in [9.17, 15) is 4.79 Å². The molecule has 1 aromatic carbocycles. The number of nitrogens with one attached hydrogen (secondary N) is 1. The first-order valence-corrected chi connectivity index (χ1v) is 6.91. The first-order chi connectivity index (χ1) is 9.55. The molecular weight excluding hydrogens is 300 g/mol. The zero-order chi connectivity index (χ0) is 14.7. The number of aryl methyl sites for hydroxylation is 1. The molecule has 0 saturated carbocycles. The number of aromatic nitrogens is 1. The first kappa shape index (κ1) is 14.6. The fourth-order valence-electron chi connectivity index (χ4n) is 1.59. The highest BCUT2D eigenvalue weighted by Gasteiger charge is 2.15. The average Bonchev–Trinajstić information content (AvgIpc) is 2.80. The van der Waals surface area contributed by atoms with Gasteiger partial charge < -0.3 is 14.8 Å². The Morgan fingerprint density at radius 1 is 1.40 bits per heavy atom. The molecule has 1 heterocycles. The predicted octanol–water partition coefficient (Wildman–Crippen LogP) is 3.64. The number of hydrogen-bond donors (Lipinski definition) is 1. The summed E-state index contributed by atoms with van der Waals surface area (Å²) >= 11 is 7.20. The van der Waals surface area contributed by atoms with E-state index in [1.807, 2.05) is 0 Å². The van der Waals surface area contributed by atoms with E-state index >= 15 is 0 Å². The first-order valence-electron chi connectivity index (χ1n) is 5.71. The maximum absolute atomic E-state index is 11.5. The highest BCUT2D eigenvalue weighted by Crippen LogP contribution is 2.31. The number of thiazole rings is 1. The molecule has 0 amide bonds. The minimum Gasteiger partial charge on any atom is -0.495 e. The van der Waals surface area contributed by atoms with Crippen LogP contribution in [0.1, 0.15) is 15.4 Å². The van der Waals surface area contributed by atoms with Gasteiger partial charge in [0.2, 0.25) is 0 Å². The topological polar surface area (TPSA) is 60.5 Å². The zero-order valence-corrected chi connectivity index (χ0v) is 12.8. The number of anilines is 2. The summed E-state index contributed by atoms with van der Waals surface area (Å²) in [5.74, 6) is 0.180. The number of rotatable bonds is 4. The Morgan fingerprint density at radius 3 is 2.80 bits per heavy atom. The van der Waals surface area contributed by atoms with E-state index in [0.29, 0.717) is 26.5 Å². The van der Waals surface area contributed by atoms with Gasteiger partial charge in [-0.1, -0.05) is 22.9 Å². The predicted molar refractivity (Wildman–Crippen MR) is 79.5 cm³/mol. The summed E-state index contributed by atoms with van der Waals surface area (Å²) in [5, 5.41) is 4.24. The Bertz CT molecular complexity index is 643. The summed E-state index contributed by atoms with van der Waals surface area (Å²) in [4.78, 5) is 16.3. The lowest BCUT2D eigenvalue weighted by atomic mass is 10.3. The number of halogens is 1. The molecule has 2 aromatic rings. The van der Waals surface area contributed by atoms with Crippen LogP contribution in [-0.4, -0.2) is 25.2 Å². The van der Waals surface area contributed by atoms with Crippen LogP contribution < -0.4 is 10.1 Å². The third kappa shape index (κ3) is 3.02. The normalized spacial score (nSPS) is 10.2. The highest BCUT2D eigenvalue weighted by molar-refractivity contribution is 7.17. The number of ether oxygens (including phenoxy) is 2. The van der Waals surface area contributed by atoms with Gasteiger partial charge in [-0.05, 0) is 19.1 Å². The summed E-state index contributed by atoms with van der Waals surface area (Å²) in [6, 6.07) is 5.29. The largest absolute Gasteiger partial charge is 0.495 e. The van der Waals surface area contributed by atoms with E-state index in [-0.39, 0.29) is 5.97 Å². The molecule has 1 N–H and O–H groups in total. The fourth-order valence-corrected chi connectivity index (χ4v) is 2.69. The lowest BCUT2D eigenvalue weighted by Gasteiger charge is -2.06. The zero-order valence-electron chi connectivity index (χ0n) is 11.2. The Balaban J connectivity index is 2.24. The smallest absolute Gasteiger partial charge is 0.350 e. The van der Waals surface area contributed by atoms with Crippen LogP contribution in [0.5, 0.6) is 5.75 Å². The summed E-state index contributed by atoms with van der Waals surface area (Å²) in [5.41, 5.74) is 1.40. The van der Waals surface area contributed by atoms with Gasteiger partial charge >= 0.3 is 5.97 Å². The van der Waals surface area contributed by atoms with Gasteiger partial charge in [0.15, 0.2) is 5.13 Å². The standard InChI is InChI=1S/C13H13ClN2O3S/c1-7-11(12(17)19-3)20-13(15-7)16-8-4-5-9(14)10(6-8)18-2/h4-6H,1-3H3,(H,15,16). The molecule has 0 unspecified atom stereocenters. The molecule has 0 spiro atoms. The summed E-state index contributed by atoms with van der Waals surface area (Å²) in [6.07, 6.45) is 0. The number of methoxy groups -OCH3 is 2. The number of carbonyl (C=O) groups is 1. The van der Waals surface area contributed by atoms with E-state index in [4.69, 9.17) is 21.1 Å². The van der Waals surface area contributed by atoms with Gasteiger partial charge in [0, 0.05) is 11.8 Å². The van der Waals surface area contributed by atoms with Crippen LogP contribution in [0.25, 0.3) is 0 Å². The highest BCUT2D eigenvalue weighted by atomic mass is 35.5. The van der Waals surface area contributed by atoms with Crippen LogP contribution in [-0.2, 0) is 4.74 Å². The molecule has 0 atom stereocenters. The molecular formula is C13H13ClN2O3S. The number of carbonyl (C=O) groups excluding carboxylic acids is 1. The molecule has 0 fully saturated rings. The molecule has 0 radical (unpaired) electrons. The molecule has 106 valence electrons. The Kier molecular flexibility index (Phi) is 4.46. The molecule has 0 aliphatic rings. The molecule has 2 rings (SSSR count). The molecule has 20 heavy (non-hydrogen) atoms. The number of esters is 1. The van der Waals surface area contributed by atoms with E-state index in [0.717, 1.165) is 5.69 Å². The van der Waals surface area contributed by atoms with Gasteiger partial charge in [-0.2, -0.15) is 0 Å². The van der Waals surface area contributed by atoms with Crippen molar-refractivity contribution in [3.8, 4) is 5.75 Å². The SMILES string of the molecule is COC(=O)c1sc(Nc2ccc(Cl)c(OC)c2)nc1C. The Hall–Kier alpha value is -1.79. The van der Waals surface area contributed by atoms with Crippen LogP contribution in [0, 0.1) is 6.92 Å². The van der Waals surface area contributed by atoms with E-state index in [2.05, 4.69) is 10.3 Å². The third-order valence-corrected chi connectivity index (χ3v) is 3.93. The van der Waals surface area contributed by atoms with Crippen molar-refractivity contribution in [1.29, 1.82) is 0 Å². The van der Waals surface area contributed by atoms with Crippen molar-refractivity contribution in [2.75, 3.05) is 19.5 Å². The fraction of sp³-hybridized carbons (Fsp3) is 0.231. The van der Waals surface area contributed by atoms with Crippen LogP contribution in [0.15, 0.2) is 18.2 Å². The van der Waals surface area contributed by atoms with Crippen LogP contribution in [0.4, 0.5) is 10.8 Å². The molecule has 1 aromatic heterocycles. The summed E-state index contributed by atoms with van der Waals surface area (Å²) in [7, 11) is 2.90. The number of benzene rings is 1. The van der Waals surface area contributed by atoms with Gasteiger partial charge in [-0.25, -0.2) is 9.78 Å². The van der Waals surface area contributed by atoms with Crippen molar-refractivity contribution < 1.29 is 14.3 Å². The van der Waals surface area contributed by atoms with Crippen LogP contribution >= 0.6 is 22.9 Å². The minimum absolute atomic E-state index is 0.387. The van der Waals surface area contributed by atoms with Crippen LogP contribution in [0.3, 0.4) is 0 Å². The van der Waals surface area contributed by atoms with Crippen molar-refractivity contribution in [3.63, 3.8) is 0 Å². The van der Waals surface area contributed by atoms with Crippen molar-refractivity contribution in [3.05, 3.63) is 33.8 Å². The van der Waals surface area contributed by atoms with Gasteiger partial charge in [0.1, 0.15) is 10.6 Å². The Labute approximate surface area is 125 Å². The lowest BCUT2D eigenvalue weighted by Crippen LogP contribution is -1.99. The summed E-state index contributed by atoms with van der Waals surface area (Å²) < 4.78 is 9.84. The summed E-state index contributed by atoms with van der Waals surface area (Å²) in [6.45, 7) is 1.76. The number of hydrogen-bond acceptors (Lipinski definition) is 6. The van der Waals surface area contributed by atoms with Crippen molar-refractivity contribution in [1.82, 2.24) is 4.98 Å². The van der Waals surface area contributed by atoms with E-state index in [1.165, 1.54) is 18.4 Å². The second-order valence-corrected chi connectivity index (χ2v) is 5.31. The van der Waals surface area contributed by atoms with Crippen molar-refractivity contribution in [2.45, 2.75) is 6.92 Å². The number of nitrogens with zero attached hydrogens (tertiary/aromatic N) is 1. The second kappa shape index (κ2) is 6.11. The second-order valence-electron chi connectivity index (χ2n) is 3.90. The van der Waals surface area contributed by atoms with E-state index < -0.39 is 0 Å². The monoisotopic (exact) mass is 312 g/mol. The molecule has 0 bridgehead atoms. The average molecular weight is 313 g/mol. The maximum atomic E-state index is 11.5. The Morgan fingerprint density at radius 2 is 2.15 bits per heavy atom. The van der Waals surface area contributed by atoms with Crippen LogP contribution in [0.2, 0.25) is 5.02 Å². The third-order valence-electron chi connectivity index (χ3n) is 2.57. The molecule has 0 saturated heterocycles. The molecule has 0 aliphatic carbocycles. The van der Waals surface area contributed by atoms with Gasteiger partial charge in [0.05, 0.1) is 24.9 Å². The molecule has 5 nitrogen and oxygen atoms in total. The maximum Gasteiger partial charge on any atom is 0.350 e. The van der Waals surface area contributed by atoms with Gasteiger partial charge in [0.25, 0.3) is 0 Å². The molecule has 7 heteroatoms. The minimum atomic E-state index is -0.387. The molecule has 0 aliphatic heterocycles. The van der Waals surface area contributed by atoms with Crippen molar-refractivity contribution in [2.24, 2.45) is 0 Å².